The van der Waals surface area contributed by atoms with E-state index in [-0.39, 0.29) is 31.2 Å². The number of aliphatic hydroxyl groups is 1. The Balaban J connectivity index is 2.58. The zero-order valence-corrected chi connectivity index (χ0v) is 10.3. The fourth-order valence-corrected chi connectivity index (χ4v) is 1.81. The Morgan fingerprint density at radius 3 is 3.00 bits per heavy atom. The van der Waals surface area contributed by atoms with Crippen molar-refractivity contribution in [3.63, 3.8) is 0 Å². The number of carbonyl (C=O) groups is 1. The van der Waals surface area contributed by atoms with Crippen LogP contribution in [0.4, 0.5) is 0 Å². The van der Waals surface area contributed by atoms with E-state index in [0.29, 0.717) is 6.61 Å². The van der Waals surface area contributed by atoms with Crippen LogP contribution in [0.25, 0.3) is 0 Å². The molecule has 5 heteroatoms. The third-order valence-electron chi connectivity index (χ3n) is 2.66. The van der Waals surface area contributed by atoms with E-state index in [4.69, 9.17) is 14.2 Å². The average Bonchev–Trinajstić information content (AvgIpc) is 2.30. The predicted octanol–water partition coefficient (Wildman–Crippen LogP) is 0.864. The van der Waals surface area contributed by atoms with E-state index in [1.54, 1.807) is 19.9 Å². The van der Waals surface area contributed by atoms with Crippen LogP contribution in [0.3, 0.4) is 0 Å². The lowest BCUT2D eigenvalue weighted by molar-refractivity contribution is -0.253. The number of esters is 1. The summed E-state index contributed by atoms with van der Waals surface area (Å²) in [5.41, 5.74) is 0. The van der Waals surface area contributed by atoms with Gasteiger partial charge in [-0.3, -0.25) is 4.79 Å². The number of ether oxygens (including phenoxy) is 3. The Morgan fingerprint density at radius 1 is 1.71 bits per heavy atom. The molecule has 1 saturated heterocycles. The van der Waals surface area contributed by atoms with Crippen molar-refractivity contribution in [2.24, 2.45) is 5.92 Å². The van der Waals surface area contributed by atoms with Crippen molar-refractivity contribution in [1.82, 2.24) is 0 Å². The van der Waals surface area contributed by atoms with Gasteiger partial charge >= 0.3 is 5.97 Å². The first-order valence-corrected chi connectivity index (χ1v) is 5.81. The van der Waals surface area contributed by atoms with E-state index in [2.05, 4.69) is 6.58 Å². The fraction of sp³-hybridized carbons (Fsp3) is 0.750. The van der Waals surface area contributed by atoms with Crippen molar-refractivity contribution in [3.05, 3.63) is 12.7 Å². The van der Waals surface area contributed by atoms with Crippen LogP contribution in [0.1, 0.15) is 20.3 Å². The summed E-state index contributed by atoms with van der Waals surface area (Å²) in [7, 11) is 0. The van der Waals surface area contributed by atoms with Crippen LogP contribution in [0.15, 0.2) is 12.7 Å². The van der Waals surface area contributed by atoms with Gasteiger partial charge in [0.05, 0.1) is 25.7 Å². The van der Waals surface area contributed by atoms with Crippen LogP contribution in [-0.2, 0) is 19.0 Å². The zero-order chi connectivity index (χ0) is 12.8. The normalized spacial score (nSPS) is 30.6. The molecule has 17 heavy (non-hydrogen) atoms. The highest BCUT2D eigenvalue weighted by molar-refractivity contribution is 5.70. The summed E-state index contributed by atoms with van der Waals surface area (Å²) in [5.74, 6) is -0.581. The van der Waals surface area contributed by atoms with Gasteiger partial charge in [0.2, 0.25) is 0 Å². The molecule has 1 fully saturated rings. The average molecular weight is 244 g/mol. The molecule has 0 aliphatic carbocycles. The maximum absolute atomic E-state index is 11.4. The Morgan fingerprint density at radius 2 is 2.41 bits per heavy atom. The van der Waals surface area contributed by atoms with Crippen LogP contribution >= 0.6 is 0 Å². The molecule has 0 spiro atoms. The van der Waals surface area contributed by atoms with E-state index >= 15 is 0 Å². The highest BCUT2D eigenvalue weighted by Crippen LogP contribution is 2.23. The summed E-state index contributed by atoms with van der Waals surface area (Å²) in [6.45, 7) is 7.73. The van der Waals surface area contributed by atoms with Gasteiger partial charge in [0, 0.05) is 5.92 Å². The molecule has 0 aromatic heterocycles. The highest BCUT2D eigenvalue weighted by Gasteiger charge is 2.34. The molecular weight excluding hydrogens is 224 g/mol. The highest BCUT2D eigenvalue weighted by atomic mass is 16.7. The first-order valence-electron chi connectivity index (χ1n) is 5.81. The minimum absolute atomic E-state index is 0.159. The molecule has 1 aliphatic rings. The first kappa shape index (κ1) is 14.2. The molecule has 1 N–H and O–H groups in total. The molecule has 0 bridgehead atoms. The van der Waals surface area contributed by atoms with Crippen LogP contribution in [-0.4, -0.2) is 42.8 Å². The number of carbonyl (C=O) groups excluding carboxylic acids is 1. The van der Waals surface area contributed by atoms with Crippen LogP contribution in [0.2, 0.25) is 0 Å². The minimum atomic E-state index is -0.747. The van der Waals surface area contributed by atoms with Crippen molar-refractivity contribution < 1.29 is 24.1 Å². The topological polar surface area (TPSA) is 65.0 Å². The SMILES string of the molecule is C=C[C@H](CC(=O)OCC)[C@@H]1O[C@H](C)OC[C@H]1O. The lowest BCUT2D eigenvalue weighted by Gasteiger charge is -2.35. The van der Waals surface area contributed by atoms with Crippen molar-refractivity contribution in [1.29, 1.82) is 0 Å². The molecule has 5 nitrogen and oxygen atoms in total. The van der Waals surface area contributed by atoms with Gasteiger partial charge in [0.1, 0.15) is 6.10 Å². The van der Waals surface area contributed by atoms with E-state index in [0.717, 1.165) is 0 Å². The molecule has 0 aromatic rings. The Hall–Kier alpha value is -0.910. The van der Waals surface area contributed by atoms with E-state index in [1.807, 2.05) is 0 Å². The molecular formula is C12H20O5. The van der Waals surface area contributed by atoms with Gasteiger partial charge < -0.3 is 19.3 Å². The molecule has 1 heterocycles. The molecule has 98 valence electrons. The monoisotopic (exact) mass is 244 g/mol. The molecule has 0 saturated carbocycles. The van der Waals surface area contributed by atoms with Gasteiger partial charge in [-0.15, -0.1) is 6.58 Å². The van der Waals surface area contributed by atoms with Crippen molar-refractivity contribution in [2.75, 3.05) is 13.2 Å². The maximum atomic E-state index is 11.4. The largest absolute Gasteiger partial charge is 0.466 e. The number of aliphatic hydroxyl groups excluding tert-OH is 1. The van der Waals surface area contributed by atoms with Gasteiger partial charge in [-0.1, -0.05) is 6.08 Å². The fourth-order valence-electron chi connectivity index (χ4n) is 1.81. The lowest BCUT2D eigenvalue weighted by atomic mass is 9.94. The van der Waals surface area contributed by atoms with Gasteiger partial charge in [0.25, 0.3) is 0 Å². The summed E-state index contributed by atoms with van der Waals surface area (Å²) >= 11 is 0. The minimum Gasteiger partial charge on any atom is -0.466 e. The van der Waals surface area contributed by atoms with Gasteiger partial charge in [-0.05, 0) is 13.8 Å². The van der Waals surface area contributed by atoms with Gasteiger partial charge in [0.15, 0.2) is 6.29 Å². The van der Waals surface area contributed by atoms with Crippen LogP contribution in [0, 0.1) is 5.92 Å². The Kier molecular flexibility index (Phi) is 5.61. The van der Waals surface area contributed by atoms with Gasteiger partial charge in [-0.2, -0.15) is 0 Å². The predicted molar refractivity (Wildman–Crippen MR) is 61.2 cm³/mol. The maximum Gasteiger partial charge on any atom is 0.306 e. The third-order valence-corrected chi connectivity index (χ3v) is 2.66. The standard InChI is InChI=1S/C12H20O5/c1-4-9(6-11(14)15-5-2)12-10(13)7-16-8(3)17-12/h4,8-10,12-13H,1,5-7H2,2-3H3/t8-,9-,10-,12+/m1/s1. The first-order chi connectivity index (χ1) is 8.08. The molecule has 0 unspecified atom stereocenters. The molecule has 0 amide bonds. The molecule has 1 aliphatic heterocycles. The smallest absolute Gasteiger partial charge is 0.306 e. The molecule has 0 radical (unpaired) electrons. The van der Waals surface area contributed by atoms with Crippen molar-refractivity contribution >= 4 is 5.97 Å². The van der Waals surface area contributed by atoms with Crippen molar-refractivity contribution in [3.8, 4) is 0 Å². The van der Waals surface area contributed by atoms with E-state index in [1.165, 1.54) is 0 Å². The molecule has 1 rings (SSSR count). The second kappa shape index (κ2) is 6.74. The van der Waals surface area contributed by atoms with Crippen LogP contribution < -0.4 is 0 Å². The number of hydrogen-bond donors (Lipinski definition) is 1. The van der Waals surface area contributed by atoms with Crippen molar-refractivity contribution in [2.45, 2.75) is 38.8 Å². The van der Waals surface area contributed by atoms with E-state index < -0.39 is 12.2 Å². The molecule has 4 atom stereocenters. The Bertz CT molecular complexity index is 266. The summed E-state index contributed by atoms with van der Waals surface area (Å²) in [6.07, 6.45) is 0.173. The second-order valence-electron chi connectivity index (χ2n) is 3.98. The summed E-state index contributed by atoms with van der Waals surface area (Å²) in [6, 6.07) is 0. The van der Waals surface area contributed by atoms with E-state index in [9.17, 15) is 9.90 Å². The number of hydrogen-bond acceptors (Lipinski definition) is 5. The third kappa shape index (κ3) is 4.11. The van der Waals surface area contributed by atoms with Gasteiger partial charge in [-0.25, -0.2) is 0 Å². The summed E-state index contributed by atoms with van der Waals surface area (Å²) in [5, 5.41) is 9.78. The summed E-state index contributed by atoms with van der Waals surface area (Å²) in [4.78, 5) is 11.4. The molecule has 0 aromatic carbocycles. The Labute approximate surface area is 101 Å². The van der Waals surface area contributed by atoms with Crippen LogP contribution in [0.5, 0.6) is 0 Å². The summed E-state index contributed by atoms with van der Waals surface area (Å²) < 4.78 is 15.5. The lowest BCUT2D eigenvalue weighted by Crippen LogP contribution is -2.46. The quantitative estimate of drug-likeness (QED) is 0.574. The second-order valence-corrected chi connectivity index (χ2v) is 3.98. The number of rotatable bonds is 5. The zero-order valence-electron chi connectivity index (χ0n) is 10.3.